The van der Waals surface area contributed by atoms with E-state index in [-0.39, 0.29) is 4.90 Å². The fraction of sp³-hybridized carbons (Fsp3) is 0.727. The highest BCUT2D eigenvalue weighted by atomic mass is 32.2. The van der Waals surface area contributed by atoms with Gasteiger partial charge in [0.05, 0.1) is 12.7 Å². The minimum Gasteiger partial charge on any atom is -0.318 e. The van der Waals surface area contributed by atoms with Gasteiger partial charge in [0.1, 0.15) is 4.90 Å². The summed E-state index contributed by atoms with van der Waals surface area (Å²) >= 11 is 0. The lowest BCUT2D eigenvalue weighted by atomic mass is 10.1. The summed E-state index contributed by atoms with van der Waals surface area (Å²) in [6.45, 7) is 5.98. The molecule has 1 heterocycles. The van der Waals surface area contributed by atoms with Gasteiger partial charge in [0.15, 0.2) is 0 Å². The summed E-state index contributed by atoms with van der Waals surface area (Å²) < 4.78 is 28.0. The lowest BCUT2D eigenvalue weighted by molar-refractivity contribution is 0.551. The van der Waals surface area contributed by atoms with Crippen LogP contribution in [-0.4, -0.2) is 38.3 Å². The van der Waals surface area contributed by atoms with E-state index in [0.29, 0.717) is 19.0 Å². The van der Waals surface area contributed by atoms with E-state index in [4.69, 9.17) is 0 Å². The fourth-order valence-corrected chi connectivity index (χ4v) is 2.40. The first-order chi connectivity index (χ1) is 8.45. The van der Waals surface area contributed by atoms with Crippen LogP contribution in [-0.2, 0) is 16.6 Å². The number of nitrogens with zero attached hydrogens (tertiary/aromatic N) is 2. The van der Waals surface area contributed by atoms with Crippen molar-refractivity contribution in [2.45, 2.75) is 31.7 Å². The molecule has 0 aliphatic rings. The maximum absolute atomic E-state index is 11.9. The van der Waals surface area contributed by atoms with Crippen LogP contribution in [0.4, 0.5) is 0 Å². The average Bonchev–Trinajstić information content (AvgIpc) is 2.74. The van der Waals surface area contributed by atoms with Crippen LogP contribution in [0.5, 0.6) is 0 Å². The van der Waals surface area contributed by atoms with E-state index >= 15 is 0 Å². The molecule has 18 heavy (non-hydrogen) atoms. The number of likely N-dealkylation sites (N-methyl/N-ethyl adjacent to an activating group) is 1. The Kier molecular flexibility index (Phi) is 5.77. The number of nitrogens with one attached hydrogen (secondary N) is 2. The van der Waals surface area contributed by atoms with Crippen molar-refractivity contribution in [3.05, 3.63) is 12.4 Å². The number of sulfonamides is 1. The minimum absolute atomic E-state index is 0.224. The second-order valence-corrected chi connectivity index (χ2v) is 6.39. The molecule has 0 amide bonds. The van der Waals surface area contributed by atoms with Crippen molar-refractivity contribution in [2.75, 3.05) is 20.1 Å². The molecular weight excluding hydrogens is 252 g/mol. The molecule has 0 bridgehead atoms. The van der Waals surface area contributed by atoms with E-state index in [1.807, 2.05) is 7.05 Å². The Morgan fingerprint density at radius 2 is 2.11 bits per heavy atom. The first-order valence-corrected chi connectivity index (χ1v) is 7.60. The monoisotopic (exact) mass is 274 g/mol. The van der Waals surface area contributed by atoms with Gasteiger partial charge in [0.25, 0.3) is 0 Å². The highest BCUT2D eigenvalue weighted by Gasteiger charge is 2.15. The van der Waals surface area contributed by atoms with Gasteiger partial charge in [-0.15, -0.1) is 0 Å². The van der Waals surface area contributed by atoms with Crippen LogP contribution in [0.1, 0.15) is 20.3 Å². The van der Waals surface area contributed by atoms with Crippen LogP contribution in [0.2, 0.25) is 0 Å². The maximum Gasteiger partial charge on any atom is 0.243 e. The molecule has 0 aromatic carbocycles. The number of hydrogen-bond donors (Lipinski definition) is 2. The van der Waals surface area contributed by atoms with E-state index in [1.165, 1.54) is 6.20 Å². The third kappa shape index (κ3) is 4.75. The summed E-state index contributed by atoms with van der Waals surface area (Å²) in [5, 5.41) is 7.01. The van der Waals surface area contributed by atoms with Crippen LogP contribution in [0.25, 0.3) is 0 Å². The molecule has 0 fully saturated rings. The summed E-state index contributed by atoms with van der Waals surface area (Å²) in [5.74, 6) is 0.478. The molecule has 2 N–H and O–H groups in total. The average molecular weight is 274 g/mol. The molecule has 0 atom stereocenters. The van der Waals surface area contributed by atoms with Crippen molar-refractivity contribution in [1.82, 2.24) is 19.8 Å². The van der Waals surface area contributed by atoms with E-state index in [9.17, 15) is 8.42 Å². The van der Waals surface area contributed by atoms with E-state index < -0.39 is 10.0 Å². The molecule has 0 unspecified atom stereocenters. The lowest BCUT2D eigenvalue weighted by Crippen LogP contribution is -2.25. The SMILES string of the molecule is CNCCn1cc(S(=O)(=O)NCCC(C)C)cn1. The largest absolute Gasteiger partial charge is 0.318 e. The molecule has 0 aliphatic heterocycles. The number of hydrogen-bond acceptors (Lipinski definition) is 4. The molecule has 0 radical (unpaired) electrons. The second kappa shape index (κ2) is 6.86. The highest BCUT2D eigenvalue weighted by Crippen LogP contribution is 2.07. The van der Waals surface area contributed by atoms with Crippen LogP contribution in [0.15, 0.2) is 17.3 Å². The molecule has 7 heteroatoms. The molecule has 6 nitrogen and oxygen atoms in total. The zero-order valence-corrected chi connectivity index (χ0v) is 12.0. The van der Waals surface area contributed by atoms with Crippen molar-refractivity contribution >= 4 is 10.0 Å². The van der Waals surface area contributed by atoms with Gasteiger partial charge >= 0.3 is 0 Å². The molecule has 0 saturated carbocycles. The van der Waals surface area contributed by atoms with Crippen molar-refractivity contribution in [2.24, 2.45) is 5.92 Å². The Morgan fingerprint density at radius 3 is 2.72 bits per heavy atom. The Labute approximate surface area is 109 Å². The van der Waals surface area contributed by atoms with Gasteiger partial charge in [0, 0.05) is 19.3 Å². The van der Waals surface area contributed by atoms with Crippen molar-refractivity contribution in [1.29, 1.82) is 0 Å². The molecule has 1 aromatic heterocycles. The molecule has 0 spiro atoms. The lowest BCUT2D eigenvalue weighted by Gasteiger charge is -2.06. The Hall–Kier alpha value is -0.920. The van der Waals surface area contributed by atoms with Crippen LogP contribution in [0.3, 0.4) is 0 Å². The topological polar surface area (TPSA) is 76.0 Å². The fourth-order valence-electron chi connectivity index (χ4n) is 1.40. The Balaban J connectivity index is 2.58. The molecule has 1 rings (SSSR count). The third-order valence-corrected chi connectivity index (χ3v) is 3.94. The normalized spacial score (nSPS) is 12.2. The first-order valence-electron chi connectivity index (χ1n) is 6.12. The standard InChI is InChI=1S/C11H22N4O2S/c1-10(2)4-5-14-18(16,17)11-8-13-15(9-11)7-6-12-3/h8-10,12,14H,4-7H2,1-3H3. The molecule has 0 aliphatic carbocycles. The van der Waals surface area contributed by atoms with Gasteiger partial charge in [-0.3, -0.25) is 4.68 Å². The quantitative estimate of drug-likeness (QED) is 0.720. The number of aromatic nitrogens is 2. The zero-order chi connectivity index (χ0) is 13.6. The Bertz CT molecular complexity index is 453. The van der Waals surface area contributed by atoms with Crippen molar-refractivity contribution in [3.8, 4) is 0 Å². The third-order valence-electron chi connectivity index (χ3n) is 2.52. The molecule has 1 aromatic rings. The summed E-state index contributed by atoms with van der Waals surface area (Å²) in [5.41, 5.74) is 0. The van der Waals surface area contributed by atoms with Gasteiger partial charge < -0.3 is 5.32 Å². The Morgan fingerprint density at radius 1 is 1.39 bits per heavy atom. The number of rotatable bonds is 8. The smallest absolute Gasteiger partial charge is 0.243 e. The van der Waals surface area contributed by atoms with Gasteiger partial charge in [-0.1, -0.05) is 13.8 Å². The second-order valence-electron chi connectivity index (χ2n) is 4.62. The van der Waals surface area contributed by atoms with Crippen molar-refractivity contribution in [3.63, 3.8) is 0 Å². The van der Waals surface area contributed by atoms with E-state index in [2.05, 4.69) is 29.0 Å². The van der Waals surface area contributed by atoms with Crippen LogP contribution in [0, 0.1) is 5.92 Å². The summed E-state index contributed by atoms with van der Waals surface area (Å²) in [4.78, 5) is 0.224. The summed E-state index contributed by atoms with van der Waals surface area (Å²) in [6, 6.07) is 0. The van der Waals surface area contributed by atoms with E-state index in [0.717, 1.165) is 13.0 Å². The maximum atomic E-state index is 11.9. The zero-order valence-electron chi connectivity index (χ0n) is 11.2. The summed E-state index contributed by atoms with van der Waals surface area (Å²) in [6.07, 6.45) is 3.76. The summed E-state index contributed by atoms with van der Waals surface area (Å²) in [7, 11) is -1.57. The van der Waals surface area contributed by atoms with Gasteiger partial charge in [-0.25, -0.2) is 13.1 Å². The van der Waals surface area contributed by atoms with Gasteiger partial charge in [-0.2, -0.15) is 5.10 Å². The predicted octanol–water partition coefficient (Wildman–Crippen LogP) is 0.427. The molecule has 104 valence electrons. The predicted molar refractivity (Wildman–Crippen MR) is 70.8 cm³/mol. The van der Waals surface area contributed by atoms with Gasteiger partial charge in [-0.05, 0) is 19.4 Å². The first kappa shape index (κ1) is 15.1. The molecule has 0 saturated heterocycles. The van der Waals surface area contributed by atoms with E-state index in [1.54, 1.807) is 10.9 Å². The van der Waals surface area contributed by atoms with Crippen molar-refractivity contribution < 1.29 is 8.42 Å². The highest BCUT2D eigenvalue weighted by molar-refractivity contribution is 7.89. The van der Waals surface area contributed by atoms with Gasteiger partial charge in [0.2, 0.25) is 10.0 Å². The minimum atomic E-state index is -3.41. The molecular formula is C11H22N4O2S. The van der Waals surface area contributed by atoms with Crippen LogP contribution < -0.4 is 10.0 Å². The van der Waals surface area contributed by atoms with Crippen LogP contribution >= 0.6 is 0 Å².